The molecule has 1 saturated heterocycles. The fraction of sp³-hybridized carbons (Fsp3) is 0.556. The van der Waals surface area contributed by atoms with E-state index in [1.165, 1.54) is 0 Å². The number of rotatable bonds is 5. The molecule has 2 rings (SSSR count). The lowest BCUT2D eigenvalue weighted by atomic mass is 10.1. The predicted octanol–water partition coefficient (Wildman–Crippen LogP) is 2.49. The molecule has 0 aromatic heterocycles. The SMILES string of the molecule is CCOC(=O)c1ccccc1N1CCN(C(=O)NC(C)CC)CC1. The highest BCUT2D eigenvalue weighted by Gasteiger charge is 2.24. The number of esters is 1. The minimum atomic E-state index is -0.301. The zero-order valence-electron chi connectivity index (χ0n) is 14.7. The highest BCUT2D eigenvalue weighted by molar-refractivity contribution is 5.96. The molecule has 1 aliphatic heterocycles. The first-order valence-corrected chi connectivity index (χ1v) is 8.63. The van der Waals surface area contributed by atoms with Gasteiger partial charge in [-0.2, -0.15) is 0 Å². The zero-order valence-corrected chi connectivity index (χ0v) is 14.7. The summed E-state index contributed by atoms with van der Waals surface area (Å²) in [7, 11) is 0. The Kier molecular flexibility index (Phi) is 6.46. The predicted molar refractivity (Wildman–Crippen MR) is 94.5 cm³/mol. The van der Waals surface area contributed by atoms with E-state index in [0.717, 1.165) is 12.1 Å². The van der Waals surface area contributed by atoms with Crippen LogP contribution in [-0.2, 0) is 4.74 Å². The normalized spacial score (nSPS) is 15.8. The Hall–Kier alpha value is -2.24. The molecule has 1 unspecified atom stereocenters. The summed E-state index contributed by atoms with van der Waals surface area (Å²) >= 11 is 0. The van der Waals surface area contributed by atoms with Gasteiger partial charge in [-0.3, -0.25) is 0 Å². The fourth-order valence-corrected chi connectivity index (χ4v) is 2.69. The van der Waals surface area contributed by atoms with E-state index in [2.05, 4.69) is 17.1 Å². The molecule has 132 valence electrons. The summed E-state index contributed by atoms with van der Waals surface area (Å²) in [5.74, 6) is -0.301. The number of carbonyl (C=O) groups is 2. The van der Waals surface area contributed by atoms with E-state index in [1.807, 2.05) is 30.0 Å². The number of nitrogens with zero attached hydrogens (tertiary/aromatic N) is 2. The average molecular weight is 333 g/mol. The third-order valence-electron chi connectivity index (χ3n) is 4.29. The highest BCUT2D eigenvalue weighted by Crippen LogP contribution is 2.22. The molecular formula is C18H27N3O3. The Labute approximate surface area is 143 Å². The van der Waals surface area contributed by atoms with Crippen molar-refractivity contribution in [3.63, 3.8) is 0 Å². The van der Waals surface area contributed by atoms with Crippen molar-refractivity contribution in [2.24, 2.45) is 0 Å². The van der Waals surface area contributed by atoms with Crippen molar-refractivity contribution < 1.29 is 14.3 Å². The largest absolute Gasteiger partial charge is 0.462 e. The summed E-state index contributed by atoms with van der Waals surface area (Å²) in [6.45, 7) is 8.89. The number of anilines is 1. The molecule has 1 heterocycles. The van der Waals surface area contributed by atoms with Crippen LogP contribution in [0.4, 0.5) is 10.5 Å². The molecule has 1 aromatic rings. The first-order chi connectivity index (χ1) is 11.6. The Balaban J connectivity index is 2.00. The second-order valence-electron chi connectivity index (χ2n) is 5.97. The van der Waals surface area contributed by atoms with Crippen LogP contribution in [0.3, 0.4) is 0 Å². The number of ether oxygens (including phenoxy) is 1. The summed E-state index contributed by atoms with van der Waals surface area (Å²) in [6.07, 6.45) is 0.915. The molecule has 0 saturated carbocycles. The van der Waals surface area contributed by atoms with Crippen molar-refractivity contribution in [2.45, 2.75) is 33.2 Å². The molecule has 1 fully saturated rings. The van der Waals surface area contributed by atoms with Gasteiger partial charge in [-0.05, 0) is 32.4 Å². The van der Waals surface area contributed by atoms with Gasteiger partial charge >= 0.3 is 12.0 Å². The summed E-state index contributed by atoms with van der Waals surface area (Å²) in [6, 6.07) is 7.64. The molecule has 6 nitrogen and oxygen atoms in total. The van der Waals surface area contributed by atoms with E-state index in [4.69, 9.17) is 4.74 Å². The third-order valence-corrected chi connectivity index (χ3v) is 4.29. The maximum absolute atomic E-state index is 12.2. The third kappa shape index (κ3) is 4.40. The van der Waals surface area contributed by atoms with Gasteiger partial charge in [0, 0.05) is 32.2 Å². The van der Waals surface area contributed by atoms with Crippen LogP contribution in [0.5, 0.6) is 0 Å². The number of nitrogens with one attached hydrogen (secondary N) is 1. The Morgan fingerprint density at radius 1 is 1.17 bits per heavy atom. The fourth-order valence-electron chi connectivity index (χ4n) is 2.69. The van der Waals surface area contributed by atoms with Gasteiger partial charge < -0.3 is 19.9 Å². The van der Waals surface area contributed by atoms with Crippen LogP contribution >= 0.6 is 0 Å². The first-order valence-electron chi connectivity index (χ1n) is 8.63. The molecule has 1 N–H and O–H groups in total. The number of benzene rings is 1. The number of urea groups is 1. The molecule has 24 heavy (non-hydrogen) atoms. The van der Waals surface area contributed by atoms with Crippen LogP contribution in [0.1, 0.15) is 37.6 Å². The Bertz CT molecular complexity index is 568. The molecule has 0 aliphatic carbocycles. The second kappa shape index (κ2) is 8.57. The molecule has 6 heteroatoms. The number of carbonyl (C=O) groups excluding carboxylic acids is 2. The van der Waals surface area contributed by atoms with Crippen LogP contribution in [0, 0.1) is 0 Å². The van der Waals surface area contributed by atoms with Gasteiger partial charge in [0.15, 0.2) is 0 Å². The number of hydrogen-bond acceptors (Lipinski definition) is 4. The van der Waals surface area contributed by atoms with Gasteiger partial charge in [0.25, 0.3) is 0 Å². The Morgan fingerprint density at radius 3 is 2.46 bits per heavy atom. The molecule has 1 aromatic carbocycles. The van der Waals surface area contributed by atoms with Crippen molar-refractivity contribution >= 4 is 17.7 Å². The maximum Gasteiger partial charge on any atom is 0.340 e. The molecule has 0 radical (unpaired) electrons. The summed E-state index contributed by atoms with van der Waals surface area (Å²) in [5.41, 5.74) is 1.45. The molecule has 1 aliphatic rings. The van der Waals surface area contributed by atoms with E-state index in [-0.39, 0.29) is 18.0 Å². The molecule has 0 bridgehead atoms. The van der Waals surface area contributed by atoms with Crippen LogP contribution in [0.15, 0.2) is 24.3 Å². The van der Waals surface area contributed by atoms with Crippen molar-refractivity contribution in [1.29, 1.82) is 0 Å². The van der Waals surface area contributed by atoms with Crippen LogP contribution < -0.4 is 10.2 Å². The minimum Gasteiger partial charge on any atom is -0.462 e. The quantitative estimate of drug-likeness (QED) is 0.841. The topological polar surface area (TPSA) is 61.9 Å². The van der Waals surface area contributed by atoms with E-state index < -0.39 is 0 Å². The first kappa shape index (κ1) is 18.1. The summed E-state index contributed by atoms with van der Waals surface area (Å²) in [5, 5.41) is 2.99. The van der Waals surface area contributed by atoms with Crippen LogP contribution in [0.25, 0.3) is 0 Å². The van der Waals surface area contributed by atoms with Crippen LogP contribution in [0.2, 0.25) is 0 Å². The van der Waals surface area contributed by atoms with E-state index >= 15 is 0 Å². The number of hydrogen-bond donors (Lipinski definition) is 1. The molecule has 1 atom stereocenters. The van der Waals surface area contributed by atoms with Crippen molar-refractivity contribution in [2.75, 3.05) is 37.7 Å². The van der Waals surface area contributed by atoms with E-state index in [9.17, 15) is 9.59 Å². The van der Waals surface area contributed by atoms with Gasteiger partial charge in [-0.1, -0.05) is 19.1 Å². The van der Waals surface area contributed by atoms with Gasteiger partial charge in [0.1, 0.15) is 0 Å². The number of amides is 2. The number of para-hydroxylation sites is 1. The monoisotopic (exact) mass is 333 g/mol. The van der Waals surface area contributed by atoms with Gasteiger partial charge in [-0.25, -0.2) is 9.59 Å². The smallest absolute Gasteiger partial charge is 0.340 e. The highest BCUT2D eigenvalue weighted by atomic mass is 16.5. The lowest BCUT2D eigenvalue weighted by Crippen LogP contribution is -2.53. The van der Waals surface area contributed by atoms with Crippen molar-refractivity contribution in [1.82, 2.24) is 10.2 Å². The summed E-state index contributed by atoms with van der Waals surface area (Å²) < 4.78 is 5.13. The van der Waals surface area contributed by atoms with E-state index in [1.54, 1.807) is 13.0 Å². The molecular weight excluding hydrogens is 306 g/mol. The standard InChI is InChI=1S/C18H27N3O3/c1-4-14(3)19-18(23)21-12-10-20(11-13-21)16-9-7-6-8-15(16)17(22)24-5-2/h6-9,14H,4-5,10-13H2,1-3H3,(H,19,23). The second-order valence-corrected chi connectivity index (χ2v) is 5.97. The van der Waals surface area contributed by atoms with E-state index in [0.29, 0.717) is 38.3 Å². The molecule has 0 spiro atoms. The van der Waals surface area contributed by atoms with Gasteiger partial charge in [0.05, 0.1) is 17.9 Å². The average Bonchev–Trinajstić information content (AvgIpc) is 2.62. The lowest BCUT2D eigenvalue weighted by molar-refractivity contribution is 0.0527. The van der Waals surface area contributed by atoms with Gasteiger partial charge in [0.2, 0.25) is 0 Å². The van der Waals surface area contributed by atoms with Gasteiger partial charge in [-0.15, -0.1) is 0 Å². The number of piperazine rings is 1. The summed E-state index contributed by atoms with van der Waals surface area (Å²) in [4.78, 5) is 28.3. The lowest BCUT2D eigenvalue weighted by Gasteiger charge is -2.37. The Morgan fingerprint density at radius 2 is 1.83 bits per heavy atom. The van der Waals surface area contributed by atoms with Crippen LogP contribution in [-0.4, -0.2) is 55.7 Å². The van der Waals surface area contributed by atoms with Crippen molar-refractivity contribution in [3.8, 4) is 0 Å². The molecule has 2 amide bonds. The maximum atomic E-state index is 12.2. The van der Waals surface area contributed by atoms with Crippen molar-refractivity contribution in [3.05, 3.63) is 29.8 Å². The minimum absolute atomic E-state index is 0.0114. The zero-order chi connectivity index (χ0) is 17.5.